The molecule has 1 aromatic heterocycles. The normalized spacial score (nSPS) is 11.1. The predicted molar refractivity (Wildman–Crippen MR) is 47.1 cm³/mol. The van der Waals surface area contributed by atoms with Crippen LogP contribution in [0.25, 0.3) is 0 Å². The summed E-state index contributed by atoms with van der Waals surface area (Å²) in [6.07, 6.45) is 0.995. The first-order valence-corrected chi connectivity index (χ1v) is 4.34. The minimum atomic E-state index is -2.39. The predicted octanol–water partition coefficient (Wildman–Crippen LogP) is 0.781. The van der Waals surface area contributed by atoms with Crippen LogP contribution in [0.1, 0.15) is 5.82 Å². The number of halogens is 2. The number of imidazole rings is 1. The van der Waals surface area contributed by atoms with Gasteiger partial charge in [-0.05, 0) is 0 Å². The summed E-state index contributed by atoms with van der Waals surface area (Å²) in [4.78, 5) is 6.90. The summed E-state index contributed by atoms with van der Waals surface area (Å²) in [7, 11) is 0. The van der Waals surface area contributed by atoms with Crippen molar-refractivity contribution in [2.45, 2.75) is 13.0 Å². The molecule has 1 rings (SSSR count). The lowest BCUT2D eigenvalue weighted by atomic mass is 10.5. The van der Waals surface area contributed by atoms with E-state index >= 15 is 0 Å². The zero-order valence-electron chi connectivity index (χ0n) is 7.67. The third-order valence-electron chi connectivity index (χ3n) is 1.51. The summed E-state index contributed by atoms with van der Waals surface area (Å²) in [6, 6.07) is 0. The van der Waals surface area contributed by atoms with Crippen LogP contribution in [0.4, 0.5) is 8.78 Å². The van der Waals surface area contributed by atoms with Gasteiger partial charge in [-0.2, -0.15) is 0 Å². The van der Waals surface area contributed by atoms with Crippen LogP contribution in [0.5, 0.6) is 0 Å². The number of hydrogen-bond donors (Lipinski definition) is 2. The van der Waals surface area contributed by atoms with Gasteiger partial charge in [-0.1, -0.05) is 0 Å². The molecule has 0 atom stereocenters. The molecule has 1 heterocycles. The third kappa shape index (κ3) is 4.88. The van der Waals surface area contributed by atoms with Gasteiger partial charge in [-0.25, -0.2) is 13.8 Å². The Morgan fingerprint density at radius 3 is 3.07 bits per heavy atom. The standard InChI is InChI=1S/C8H13F2N3O/c9-7(10)6-14-4-3-11-5-8-12-1-2-13-8/h1-2,7,11H,3-6H2,(H,12,13). The fourth-order valence-corrected chi connectivity index (χ4v) is 0.918. The Morgan fingerprint density at radius 1 is 1.57 bits per heavy atom. The highest BCUT2D eigenvalue weighted by Crippen LogP contribution is 1.91. The fraction of sp³-hybridized carbons (Fsp3) is 0.625. The molecule has 80 valence electrons. The monoisotopic (exact) mass is 205 g/mol. The van der Waals surface area contributed by atoms with Crippen molar-refractivity contribution >= 4 is 0 Å². The van der Waals surface area contributed by atoms with Crippen molar-refractivity contribution in [1.29, 1.82) is 0 Å². The molecule has 0 aromatic carbocycles. The van der Waals surface area contributed by atoms with Crippen LogP contribution < -0.4 is 5.32 Å². The van der Waals surface area contributed by atoms with Gasteiger partial charge in [0.25, 0.3) is 6.43 Å². The average molecular weight is 205 g/mol. The van der Waals surface area contributed by atoms with Crippen LogP contribution >= 0.6 is 0 Å². The third-order valence-corrected chi connectivity index (χ3v) is 1.51. The van der Waals surface area contributed by atoms with Crippen LogP contribution in [0.15, 0.2) is 12.4 Å². The van der Waals surface area contributed by atoms with E-state index in [9.17, 15) is 8.78 Å². The van der Waals surface area contributed by atoms with Crippen molar-refractivity contribution in [3.63, 3.8) is 0 Å². The molecular weight excluding hydrogens is 192 g/mol. The molecule has 6 heteroatoms. The topological polar surface area (TPSA) is 49.9 Å². The molecule has 0 spiro atoms. The van der Waals surface area contributed by atoms with Gasteiger partial charge in [-0.3, -0.25) is 0 Å². The van der Waals surface area contributed by atoms with Crippen LogP contribution in [0.3, 0.4) is 0 Å². The molecule has 2 N–H and O–H groups in total. The molecule has 4 nitrogen and oxygen atoms in total. The van der Waals surface area contributed by atoms with Crippen LogP contribution in [0.2, 0.25) is 0 Å². The summed E-state index contributed by atoms with van der Waals surface area (Å²) >= 11 is 0. The van der Waals surface area contributed by atoms with E-state index < -0.39 is 13.0 Å². The van der Waals surface area contributed by atoms with Crippen molar-refractivity contribution in [3.05, 3.63) is 18.2 Å². The zero-order valence-corrected chi connectivity index (χ0v) is 7.67. The zero-order chi connectivity index (χ0) is 10.2. The fourth-order valence-electron chi connectivity index (χ4n) is 0.918. The van der Waals surface area contributed by atoms with E-state index in [-0.39, 0.29) is 6.61 Å². The molecule has 0 aliphatic heterocycles. The van der Waals surface area contributed by atoms with Gasteiger partial charge in [0.05, 0.1) is 13.2 Å². The summed E-state index contributed by atoms with van der Waals surface area (Å²) in [6.45, 7) is 0.909. The van der Waals surface area contributed by atoms with E-state index in [0.717, 1.165) is 5.82 Å². The number of hydrogen-bond acceptors (Lipinski definition) is 3. The highest BCUT2D eigenvalue weighted by molar-refractivity contribution is 4.85. The lowest BCUT2D eigenvalue weighted by molar-refractivity contribution is 0.0187. The quantitative estimate of drug-likeness (QED) is 0.647. The number of alkyl halides is 2. The lowest BCUT2D eigenvalue weighted by Crippen LogP contribution is -2.21. The molecule has 14 heavy (non-hydrogen) atoms. The van der Waals surface area contributed by atoms with E-state index in [1.54, 1.807) is 12.4 Å². The largest absolute Gasteiger partial charge is 0.374 e. The lowest BCUT2D eigenvalue weighted by Gasteiger charge is -2.04. The molecule has 0 aliphatic carbocycles. The Kier molecular flexibility index (Phi) is 5.09. The highest BCUT2D eigenvalue weighted by Gasteiger charge is 2.00. The molecule has 0 fully saturated rings. The van der Waals surface area contributed by atoms with Crippen molar-refractivity contribution in [3.8, 4) is 0 Å². The molecule has 0 amide bonds. The average Bonchev–Trinajstić information content (AvgIpc) is 2.63. The number of rotatable bonds is 7. The summed E-state index contributed by atoms with van der Waals surface area (Å²) < 4.78 is 27.9. The number of aromatic nitrogens is 2. The summed E-state index contributed by atoms with van der Waals surface area (Å²) in [5.41, 5.74) is 0. The number of ether oxygens (including phenoxy) is 1. The maximum absolute atomic E-state index is 11.6. The van der Waals surface area contributed by atoms with E-state index in [2.05, 4.69) is 20.0 Å². The van der Waals surface area contributed by atoms with Gasteiger partial charge >= 0.3 is 0 Å². The van der Waals surface area contributed by atoms with Gasteiger partial charge in [0, 0.05) is 18.9 Å². The first kappa shape index (κ1) is 11.1. The number of aromatic amines is 1. The highest BCUT2D eigenvalue weighted by atomic mass is 19.3. The maximum atomic E-state index is 11.6. The molecule has 0 radical (unpaired) electrons. The second-order valence-electron chi connectivity index (χ2n) is 2.68. The SMILES string of the molecule is FC(F)COCCNCc1ncc[nH]1. The summed E-state index contributed by atoms with van der Waals surface area (Å²) in [5, 5.41) is 3.00. The molecule has 0 aliphatic rings. The molecule has 0 bridgehead atoms. The Morgan fingerprint density at radius 2 is 2.43 bits per heavy atom. The Hall–Kier alpha value is -1.01. The van der Waals surface area contributed by atoms with Crippen molar-refractivity contribution in [1.82, 2.24) is 15.3 Å². The molecule has 0 saturated heterocycles. The Balaban J connectivity index is 1.90. The van der Waals surface area contributed by atoms with Gasteiger partial charge < -0.3 is 15.0 Å². The van der Waals surface area contributed by atoms with Gasteiger partial charge in [-0.15, -0.1) is 0 Å². The van der Waals surface area contributed by atoms with Crippen molar-refractivity contribution < 1.29 is 13.5 Å². The first-order chi connectivity index (χ1) is 6.79. The van der Waals surface area contributed by atoms with E-state index in [1.807, 2.05) is 0 Å². The van der Waals surface area contributed by atoms with E-state index in [4.69, 9.17) is 0 Å². The van der Waals surface area contributed by atoms with Gasteiger partial charge in [0.15, 0.2) is 0 Å². The van der Waals surface area contributed by atoms with E-state index in [1.165, 1.54) is 0 Å². The molecule has 1 aromatic rings. The molecular formula is C8H13F2N3O. The summed E-state index contributed by atoms with van der Waals surface area (Å²) in [5.74, 6) is 0.818. The Labute approximate surface area is 80.7 Å². The van der Waals surface area contributed by atoms with Gasteiger partial charge in [0.1, 0.15) is 12.4 Å². The minimum Gasteiger partial charge on any atom is -0.374 e. The van der Waals surface area contributed by atoms with Crippen LogP contribution in [-0.4, -0.2) is 36.2 Å². The van der Waals surface area contributed by atoms with Crippen molar-refractivity contribution in [2.24, 2.45) is 0 Å². The second-order valence-corrected chi connectivity index (χ2v) is 2.68. The molecule has 0 saturated carbocycles. The van der Waals surface area contributed by atoms with Crippen LogP contribution in [-0.2, 0) is 11.3 Å². The number of H-pyrrole nitrogens is 1. The van der Waals surface area contributed by atoms with E-state index in [0.29, 0.717) is 13.1 Å². The van der Waals surface area contributed by atoms with Crippen LogP contribution in [0, 0.1) is 0 Å². The maximum Gasteiger partial charge on any atom is 0.261 e. The minimum absolute atomic E-state index is 0.283. The second kappa shape index (κ2) is 6.44. The van der Waals surface area contributed by atoms with Gasteiger partial charge in [0.2, 0.25) is 0 Å². The smallest absolute Gasteiger partial charge is 0.261 e. The number of nitrogens with one attached hydrogen (secondary N) is 2. The first-order valence-electron chi connectivity index (χ1n) is 4.34. The van der Waals surface area contributed by atoms with Crippen molar-refractivity contribution in [2.75, 3.05) is 19.8 Å². The molecule has 0 unspecified atom stereocenters. The number of nitrogens with zero attached hydrogens (tertiary/aromatic N) is 1. The Bertz CT molecular complexity index is 229.